The zero-order chi connectivity index (χ0) is 34.5. The van der Waals surface area contributed by atoms with E-state index in [9.17, 15) is 0 Å². The van der Waals surface area contributed by atoms with Gasteiger partial charge in [0.1, 0.15) is 12.7 Å². The highest BCUT2D eigenvalue weighted by Gasteiger charge is 2.23. The van der Waals surface area contributed by atoms with Crippen LogP contribution in [0.5, 0.6) is 0 Å². The van der Waals surface area contributed by atoms with Crippen LogP contribution in [0.1, 0.15) is 6.85 Å². The average Bonchev–Trinajstić information content (AvgIpc) is 3.74. The molecule has 3 heterocycles. The molecule has 7 aromatic carbocycles. The summed E-state index contributed by atoms with van der Waals surface area (Å²) in [7, 11) is 0. The summed E-state index contributed by atoms with van der Waals surface area (Å²) in [5, 5.41) is 9.18. The minimum atomic E-state index is -0.396. The molecule has 0 amide bonds. The van der Waals surface area contributed by atoms with Gasteiger partial charge in [0, 0.05) is 47.1 Å². The van der Waals surface area contributed by atoms with Gasteiger partial charge in [-0.25, -0.2) is 15.0 Å². The van der Waals surface area contributed by atoms with Gasteiger partial charge >= 0.3 is 0 Å². The fourth-order valence-electron chi connectivity index (χ4n) is 6.93. The molecule has 0 spiro atoms. The van der Waals surface area contributed by atoms with Crippen LogP contribution in [0.3, 0.4) is 0 Å². The third kappa shape index (κ3) is 3.63. The molecule has 10 rings (SSSR count). The molecule has 0 unspecified atom stereocenters. The first-order chi connectivity index (χ1) is 24.9. The number of rotatable bonds is 3. The van der Waals surface area contributed by atoms with E-state index in [2.05, 4.69) is 92.3 Å². The van der Waals surface area contributed by atoms with Gasteiger partial charge in [-0.1, -0.05) is 115 Å². The monoisotopic (exact) mass is 609 g/mol. The summed E-state index contributed by atoms with van der Waals surface area (Å²) < 4.78 is 46.0. The zero-order valence-electron chi connectivity index (χ0n) is 29.2. The predicted octanol–water partition coefficient (Wildman–Crippen LogP) is 11.0. The highest BCUT2D eigenvalue weighted by Crippen LogP contribution is 2.49. The average molecular weight is 610 g/mol. The first kappa shape index (κ1) is 20.9. The first-order valence-corrected chi connectivity index (χ1v) is 15.8. The molecular formula is C41H24N4S. The van der Waals surface area contributed by atoms with E-state index < -0.39 is 6.04 Å². The van der Waals surface area contributed by atoms with Gasteiger partial charge in [0.2, 0.25) is 5.95 Å². The molecule has 0 aliphatic rings. The molecule has 214 valence electrons. The van der Waals surface area contributed by atoms with Crippen molar-refractivity contribution in [3.05, 3.63) is 146 Å². The number of hydrogen-bond acceptors (Lipinski definition) is 4. The number of nitrogens with zero attached hydrogens (tertiary/aromatic N) is 4. The van der Waals surface area contributed by atoms with Crippen LogP contribution in [0, 0.1) is 0 Å². The Morgan fingerprint density at radius 2 is 1.26 bits per heavy atom. The Labute approximate surface area is 274 Å². The lowest BCUT2D eigenvalue weighted by Crippen LogP contribution is -2.01. The van der Waals surface area contributed by atoms with Crippen LogP contribution in [-0.2, 0) is 0 Å². The van der Waals surface area contributed by atoms with Crippen molar-refractivity contribution < 1.29 is 6.85 Å². The molecule has 0 aliphatic heterocycles. The summed E-state index contributed by atoms with van der Waals surface area (Å²) in [6.07, 6.45) is 3.07. The molecule has 0 N–H and O–H groups in total. The van der Waals surface area contributed by atoms with Crippen molar-refractivity contribution in [3.8, 4) is 28.2 Å². The minimum absolute atomic E-state index is 0.197. The largest absolute Gasteiger partial charge is 0.277 e. The maximum absolute atomic E-state index is 8.53. The van der Waals surface area contributed by atoms with Gasteiger partial charge in [-0.2, -0.15) is 0 Å². The number of fused-ring (bicyclic) bond motifs is 12. The standard InChI is InChI=1S/C41H24N4S/c1-2-9-25(10-3-1)27-11-8-12-28(21-27)29-18-17-26-19-20-33-37-36-32-15-6-7-16-35(32)45(41-43-23-42-24-44-41)38(36)30-13-4-5-14-31(30)40(37)46-39(33)34(26)22-29/h1-24H/i1D,2D,3D,9D,10D. The van der Waals surface area contributed by atoms with E-state index in [-0.39, 0.29) is 29.7 Å². The van der Waals surface area contributed by atoms with Gasteiger partial charge in [0.25, 0.3) is 0 Å². The Hall–Kier alpha value is -5.91. The zero-order valence-corrected chi connectivity index (χ0v) is 25.0. The Morgan fingerprint density at radius 1 is 0.543 bits per heavy atom. The molecule has 3 aromatic heterocycles. The summed E-state index contributed by atoms with van der Waals surface area (Å²) in [5.41, 5.74) is 4.73. The first-order valence-electron chi connectivity index (χ1n) is 17.4. The number of benzene rings is 7. The summed E-state index contributed by atoms with van der Waals surface area (Å²) in [6.45, 7) is 0. The third-order valence-electron chi connectivity index (χ3n) is 8.89. The highest BCUT2D eigenvalue weighted by atomic mass is 32.1. The van der Waals surface area contributed by atoms with E-state index in [1.54, 1.807) is 17.4 Å². The highest BCUT2D eigenvalue weighted by molar-refractivity contribution is 7.27. The Balaban J connectivity index is 1.27. The van der Waals surface area contributed by atoms with E-state index >= 15 is 0 Å². The molecule has 0 atom stereocenters. The lowest BCUT2D eigenvalue weighted by Gasteiger charge is -2.09. The number of hydrogen-bond donors (Lipinski definition) is 0. The number of thiophene rings is 1. The summed E-state index contributed by atoms with van der Waals surface area (Å²) in [5.74, 6) is 0.571. The molecule has 4 nitrogen and oxygen atoms in total. The lowest BCUT2D eigenvalue weighted by atomic mass is 9.96. The summed E-state index contributed by atoms with van der Waals surface area (Å²) in [4.78, 5) is 13.2. The van der Waals surface area contributed by atoms with Crippen LogP contribution in [0.15, 0.2) is 146 Å². The molecule has 0 bridgehead atoms. The normalized spacial score (nSPS) is 13.4. The number of aromatic nitrogens is 4. The maximum Gasteiger partial charge on any atom is 0.237 e. The molecule has 46 heavy (non-hydrogen) atoms. The van der Waals surface area contributed by atoms with Crippen molar-refractivity contribution in [2.45, 2.75) is 0 Å². The van der Waals surface area contributed by atoms with Crippen molar-refractivity contribution in [1.29, 1.82) is 0 Å². The van der Waals surface area contributed by atoms with E-state index in [0.717, 1.165) is 54.5 Å². The summed E-state index contributed by atoms with van der Waals surface area (Å²) >= 11 is 1.80. The fourth-order valence-corrected chi connectivity index (χ4v) is 8.31. The molecule has 0 aliphatic carbocycles. The Bertz CT molecular complexity index is 3070. The van der Waals surface area contributed by atoms with E-state index in [4.69, 9.17) is 6.85 Å². The van der Waals surface area contributed by atoms with Crippen LogP contribution < -0.4 is 0 Å². The van der Waals surface area contributed by atoms with Crippen LogP contribution in [0.25, 0.3) is 91.7 Å². The Morgan fingerprint density at radius 3 is 2.11 bits per heavy atom. The topological polar surface area (TPSA) is 43.6 Å². The van der Waals surface area contributed by atoms with Crippen LogP contribution in [0.2, 0.25) is 0 Å². The van der Waals surface area contributed by atoms with Crippen molar-refractivity contribution in [3.63, 3.8) is 0 Å². The second-order valence-electron chi connectivity index (χ2n) is 11.3. The van der Waals surface area contributed by atoms with E-state index in [1.165, 1.54) is 32.8 Å². The van der Waals surface area contributed by atoms with E-state index in [0.29, 0.717) is 11.5 Å². The molecule has 0 saturated heterocycles. The van der Waals surface area contributed by atoms with Gasteiger partial charge in [-0.15, -0.1) is 11.3 Å². The molecular weight excluding hydrogens is 581 g/mol. The fraction of sp³-hybridized carbons (Fsp3) is 0. The lowest BCUT2D eigenvalue weighted by molar-refractivity contribution is 0.941. The van der Waals surface area contributed by atoms with Crippen molar-refractivity contribution >= 4 is 74.9 Å². The molecule has 5 heteroatoms. The van der Waals surface area contributed by atoms with Crippen LogP contribution in [0.4, 0.5) is 0 Å². The smallest absolute Gasteiger partial charge is 0.237 e. The quantitative estimate of drug-likeness (QED) is 0.200. The second-order valence-corrected chi connectivity index (χ2v) is 12.3. The molecule has 0 saturated carbocycles. The SMILES string of the molecule is [2H]c1c([2H])c([2H])c(-c2cccc(-c3ccc4ccc5c(sc6c7ccccc7c7c(c8ccccc8n7-c7ncncn7)c56)c4c3)c2)c([2H])c1[2H]. The van der Waals surface area contributed by atoms with Gasteiger partial charge in [0.15, 0.2) is 0 Å². The van der Waals surface area contributed by atoms with E-state index in [1.807, 2.05) is 24.3 Å². The maximum atomic E-state index is 8.53. The molecule has 0 fully saturated rings. The van der Waals surface area contributed by atoms with Crippen molar-refractivity contribution in [1.82, 2.24) is 19.5 Å². The van der Waals surface area contributed by atoms with Gasteiger partial charge < -0.3 is 0 Å². The van der Waals surface area contributed by atoms with Gasteiger partial charge in [0.05, 0.1) is 17.9 Å². The molecule has 10 aromatic rings. The van der Waals surface area contributed by atoms with Gasteiger partial charge in [-0.05, 0) is 45.8 Å². The van der Waals surface area contributed by atoms with Crippen LogP contribution in [-0.4, -0.2) is 19.5 Å². The van der Waals surface area contributed by atoms with Crippen molar-refractivity contribution in [2.24, 2.45) is 0 Å². The van der Waals surface area contributed by atoms with Crippen molar-refractivity contribution in [2.75, 3.05) is 0 Å². The van der Waals surface area contributed by atoms with Gasteiger partial charge in [-0.3, -0.25) is 4.57 Å². The minimum Gasteiger partial charge on any atom is -0.277 e. The Kier molecular flexibility index (Phi) is 4.46. The van der Waals surface area contributed by atoms with Crippen LogP contribution >= 0.6 is 11.3 Å². The second kappa shape index (κ2) is 9.80. The molecule has 0 radical (unpaired) electrons. The summed E-state index contributed by atoms with van der Waals surface area (Å²) in [6, 6.07) is 33.9. The third-order valence-corrected chi connectivity index (χ3v) is 10.2. The predicted molar refractivity (Wildman–Crippen MR) is 193 cm³/mol. The number of para-hydroxylation sites is 1.